The molecule has 1 aliphatic carbocycles. The van der Waals surface area contributed by atoms with E-state index in [2.05, 4.69) is 45.0 Å². The molecule has 1 heterocycles. The molecule has 2 heteroatoms. The molecule has 1 aliphatic heterocycles. The minimum Gasteiger partial charge on any atom is -0.293 e. The predicted octanol–water partition coefficient (Wildman–Crippen LogP) is 6.13. The van der Waals surface area contributed by atoms with Crippen LogP contribution in [0.25, 0.3) is 0 Å². The lowest BCUT2D eigenvalue weighted by atomic mass is 9.83. The number of rotatable bonds is 4. The van der Waals surface area contributed by atoms with Gasteiger partial charge in [-0.1, -0.05) is 64.3 Å². The van der Waals surface area contributed by atoms with Crippen LogP contribution in [0, 0.1) is 5.41 Å². The first kappa shape index (κ1) is 18.0. The first-order chi connectivity index (χ1) is 11.5. The summed E-state index contributed by atoms with van der Waals surface area (Å²) in [4.78, 5) is 13.3. The van der Waals surface area contributed by atoms with Crippen molar-refractivity contribution >= 4 is 16.7 Å². The lowest BCUT2D eigenvalue weighted by Gasteiger charge is -2.36. The number of carbonyl (C=O) groups is 1. The van der Waals surface area contributed by atoms with Crippen LogP contribution in [0.5, 0.6) is 0 Å². The summed E-state index contributed by atoms with van der Waals surface area (Å²) in [6.45, 7) is 6.77. The predicted molar refractivity (Wildman–Crippen MR) is 108 cm³/mol. The van der Waals surface area contributed by atoms with Crippen LogP contribution in [0.1, 0.15) is 87.6 Å². The Morgan fingerprint density at radius 1 is 0.958 bits per heavy atom. The summed E-state index contributed by atoms with van der Waals surface area (Å²) in [6, 6.07) is 8.72. The molecule has 3 rings (SSSR count). The molecule has 1 unspecified atom stereocenters. The Morgan fingerprint density at radius 3 is 2.08 bits per heavy atom. The molecule has 1 aromatic rings. The Bertz CT molecular complexity index is 542. The van der Waals surface area contributed by atoms with E-state index in [4.69, 9.17) is 0 Å². The van der Waals surface area contributed by atoms with Gasteiger partial charge in [0, 0.05) is 5.56 Å². The molecule has 0 spiro atoms. The topological polar surface area (TPSA) is 17.1 Å². The van der Waals surface area contributed by atoms with Crippen molar-refractivity contribution in [1.29, 1.82) is 0 Å². The Balaban J connectivity index is 1.77. The summed E-state index contributed by atoms with van der Waals surface area (Å²) in [5.41, 5.74) is 2.48. The molecule has 1 saturated carbocycles. The van der Waals surface area contributed by atoms with Crippen LogP contribution in [0.2, 0.25) is 0 Å². The second-order valence-corrected chi connectivity index (χ2v) is 11.4. The highest BCUT2D eigenvalue weighted by atomic mass is 32.2. The van der Waals surface area contributed by atoms with Gasteiger partial charge >= 0.3 is 0 Å². The number of thiol groups is 1. The number of hydrogen-bond acceptors (Lipinski definition) is 1. The largest absolute Gasteiger partial charge is 0.293 e. The number of Topliss-reactive ketones (excluding diaryl/α,β-unsaturated/α-hetero) is 1. The molecule has 1 nitrogen and oxygen atoms in total. The van der Waals surface area contributed by atoms with Crippen molar-refractivity contribution in [3.8, 4) is 0 Å². The summed E-state index contributed by atoms with van der Waals surface area (Å²) < 4.78 is 0. The Labute approximate surface area is 151 Å². The molecule has 1 aromatic carbocycles. The standard InChI is InChI=1S/C22H34OS/c1-22(2,3)21(24-15-7-8-16-24)20(23)19-13-11-18(12-14-19)17-9-5-4-6-10-17/h11-14,17,21,24H,4-10,15-16H2,1-3H3. The van der Waals surface area contributed by atoms with Crippen LogP contribution in [-0.2, 0) is 0 Å². The van der Waals surface area contributed by atoms with Crippen LogP contribution in [0.3, 0.4) is 0 Å². The number of benzene rings is 1. The molecular formula is C22H34OS. The molecule has 0 aromatic heterocycles. The van der Waals surface area contributed by atoms with Gasteiger partial charge in [0.1, 0.15) is 0 Å². The molecule has 2 aliphatic rings. The first-order valence-corrected chi connectivity index (χ1v) is 11.6. The van der Waals surface area contributed by atoms with Gasteiger partial charge in [0.15, 0.2) is 5.78 Å². The fourth-order valence-corrected chi connectivity index (χ4v) is 8.20. The third kappa shape index (κ3) is 4.07. The fourth-order valence-electron chi connectivity index (χ4n) is 4.62. The van der Waals surface area contributed by atoms with Crippen LogP contribution >= 0.6 is 10.9 Å². The lowest BCUT2D eigenvalue weighted by molar-refractivity contribution is 0.0949. The van der Waals surface area contributed by atoms with Gasteiger partial charge in [-0.25, -0.2) is 10.9 Å². The summed E-state index contributed by atoms with van der Waals surface area (Å²) in [5, 5.41) is 0.232. The highest BCUT2D eigenvalue weighted by Crippen LogP contribution is 2.48. The van der Waals surface area contributed by atoms with E-state index in [9.17, 15) is 4.79 Å². The molecular weight excluding hydrogens is 312 g/mol. The monoisotopic (exact) mass is 346 g/mol. The zero-order valence-corrected chi connectivity index (χ0v) is 16.6. The molecule has 24 heavy (non-hydrogen) atoms. The molecule has 0 N–H and O–H groups in total. The van der Waals surface area contributed by atoms with Gasteiger partial charge in [-0.05, 0) is 54.1 Å². The van der Waals surface area contributed by atoms with Crippen molar-refractivity contribution in [2.75, 3.05) is 11.5 Å². The summed E-state index contributed by atoms with van der Waals surface area (Å²) in [5.74, 6) is 3.72. The van der Waals surface area contributed by atoms with Crippen molar-refractivity contribution in [3.63, 3.8) is 0 Å². The smallest absolute Gasteiger partial charge is 0.174 e. The minimum atomic E-state index is -0.129. The average molecular weight is 347 g/mol. The van der Waals surface area contributed by atoms with Crippen molar-refractivity contribution < 1.29 is 4.79 Å². The molecule has 0 bridgehead atoms. The maximum atomic E-state index is 13.3. The number of hydrogen-bond donors (Lipinski definition) is 1. The first-order valence-electron chi connectivity index (χ1n) is 9.85. The molecule has 1 saturated heterocycles. The van der Waals surface area contributed by atoms with E-state index in [1.807, 2.05) is 0 Å². The molecule has 1 atom stereocenters. The molecule has 0 radical (unpaired) electrons. The SMILES string of the molecule is CC(C)(C)C(C(=O)c1ccc(C2CCCCC2)cc1)[SH]1CCCC1. The van der Waals surface area contributed by atoms with E-state index < -0.39 is 0 Å². The van der Waals surface area contributed by atoms with Crippen LogP contribution in [-0.4, -0.2) is 22.5 Å². The van der Waals surface area contributed by atoms with E-state index in [1.54, 1.807) is 0 Å². The maximum Gasteiger partial charge on any atom is 0.174 e. The van der Waals surface area contributed by atoms with Crippen molar-refractivity contribution in [1.82, 2.24) is 0 Å². The van der Waals surface area contributed by atoms with E-state index >= 15 is 0 Å². The third-order valence-electron chi connectivity index (χ3n) is 5.85. The summed E-state index contributed by atoms with van der Waals surface area (Å²) >= 11 is 0. The van der Waals surface area contributed by atoms with Crippen molar-refractivity contribution in [3.05, 3.63) is 35.4 Å². The van der Waals surface area contributed by atoms with Crippen LogP contribution < -0.4 is 0 Å². The van der Waals surface area contributed by atoms with E-state index in [0.29, 0.717) is 5.78 Å². The van der Waals surface area contributed by atoms with Gasteiger partial charge in [-0.2, -0.15) is 0 Å². The van der Waals surface area contributed by atoms with Gasteiger partial charge in [0.25, 0.3) is 0 Å². The number of carbonyl (C=O) groups excluding carboxylic acids is 1. The van der Waals surface area contributed by atoms with Gasteiger partial charge in [-0.3, -0.25) is 4.79 Å². The highest BCUT2D eigenvalue weighted by molar-refractivity contribution is 8.18. The fraction of sp³-hybridized carbons (Fsp3) is 0.682. The molecule has 0 amide bonds. The third-order valence-corrected chi connectivity index (χ3v) is 9.37. The quantitative estimate of drug-likeness (QED) is 0.513. The van der Waals surface area contributed by atoms with E-state index in [1.165, 1.54) is 62.0 Å². The van der Waals surface area contributed by atoms with Crippen LogP contribution in [0.4, 0.5) is 0 Å². The number of ketones is 1. The van der Waals surface area contributed by atoms with E-state index in [-0.39, 0.29) is 21.6 Å². The van der Waals surface area contributed by atoms with Gasteiger partial charge in [0.2, 0.25) is 0 Å². The highest BCUT2D eigenvalue weighted by Gasteiger charge is 2.37. The zero-order valence-electron chi connectivity index (χ0n) is 15.7. The second kappa shape index (κ2) is 7.64. The van der Waals surface area contributed by atoms with E-state index in [0.717, 1.165) is 11.5 Å². The Hall–Kier alpha value is -0.760. The summed E-state index contributed by atoms with van der Waals surface area (Å²) in [6.07, 6.45) is 9.41. The minimum absolute atomic E-state index is 0.0785. The van der Waals surface area contributed by atoms with Crippen LogP contribution in [0.15, 0.2) is 24.3 Å². The van der Waals surface area contributed by atoms with Gasteiger partial charge in [-0.15, -0.1) is 0 Å². The van der Waals surface area contributed by atoms with Crippen molar-refractivity contribution in [2.24, 2.45) is 5.41 Å². The lowest BCUT2D eigenvalue weighted by Crippen LogP contribution is -2.35. The average Bonchev–Trinajstić information content (AvgIpc) is 3.08. The van der Waals surface area contributed by atoms with Gasteiger partial charge < -0.3 is 0 Å². The Kier molecular flexibility index (Phi) is 5.74. The second-order valence-electron chi connectivity index (χ2n) is 8.83. The summed E-state index contributed by atoms with van der Waals surface area (Å²) in [7, 11) is -0.129. The molecule has 2 fully saturated rings. The van der Waals surface area contributed by atoms with Gasteiger partial charge in [0.05, 0.1) is 5.25 Å². The van der Waals surface area contributed by atoms with Crippen molar-refractivity contribution in [2.45, 2.75) is 76.9 Å². The molecule has 134 valence electrons. The maximum absolute atomic E-state index is 13.3. The Morgan fingerprint density at radius 2 is 1.54 bits per heavy atom. The zero-order chi connectivity index (χ0) is 17.2. The normalized spacial score (nSPS) is 22.5.